The summed E-state index contributed by atoms with van der Waals surface area (Å²) in [6.07, 6.45) is 0. The van der Waals surface area contributed by atoms with Crippen molar-refractivity contribution in [2.75, 3.05) is 5.32 Å². The molecule has 1 nitrogen and oxygen atoms in total. The normalized spacial score (nSPS) is 12.3. The van der Waals surface area contributed by atoms with Gasteiger partial charge in [-0.2, -0.15) is 0 Å². The Hall–Kier alpha value is -1.18. The molecular formula is C16H17Cl2N. The van der Waals surface area contributed by atoms with Crippen molar-refractivity contribution in [1.29, 1.82) is 0 Å². The fourth-order valence-corrected chi connectivity index (χ4v) is 2.71. The molecule has 0 radical (unpaired) electrons. The zero-order chi connectivity index (χ0) is 14.0. The van der Waals surface area contributed by atoms with Crippen LogP contribution >= 0.6 is 23.2 Å². The summed E-state index contributed by atoms with van der Waals surface area (Å²) >= 11 is 12.2. The van der Waals surface area contributed by atoms with Crippen LogP contribution in [-0.2, 0) is 0 Å². The van der Waals surface area contributed by atoms with Crippen molar-refractivity contribution in [1.82, 2.24) is 0 Å². The fraction of sp³-hybridized carbons (Fsp3) is 0.250. The molecule has 0 aliphatic rings. The first kappa shape index (κ1) is 14.2. The van der Waals surface area contributed by atoms with Crippen LogP contribution in [0.2, 0.25) is 10.0 Å². The monoisotopic (exact) mass is 293 g/mol. The number of hydrogen-bond donors (Lipinski definition) is 1. The molecule has 0 aliphatic carbocycles. The van der Waals surface area contributed by atoms with Crippen LogP contribution in [0.25, 0.3) is 0 Å². The molecule has 1 atom stereocenters. The molecule has 0 spiro atoms. The van der Waals surface area contributed by atoms with Gasteiger partial charge in [-0.1, -0.05) is 47.0 Å². The Balaban J connectivity index is 2.23. The summed E-state index contributed by atoms with van der Waals surface area (Å²) < 4.78 is 0. The van der Waals surface area contributed by atoms with E-state index in [4.69, 9.17) is 23.2 Å². The third-order valence-corrected chi connectivity index (χ3v) is 3.75. The van der Waals surface area contributed by atoms with Crippen LogP contribution in [0.4, 0.5) is 5.69 Å². The first-order valence-electron chi connectivity index (χ1n) is 6.26. The Kier molecular flexibility index (Phi) is 4.38. The average Bonchev–Trinajstić information content (AvgIpc) is 2.32. The highest BCUT2D eigenvalue weighted by Gasteiger charge is 2.11. The highest BCUT2D eigenvalue weighted by molar-refractivity contribution is 6.35. The lowest BCUT2D eigenvalue weighted by molar-refractivity contribution is 0.883. The molecule has 0 aromatic heterocycles. The van der Waals surface area contributed by atoms with Crippen molar-refractivity contribution in [2.24, 2.45) is 0 Å². The van der Waals surface area contributed by atoms with Gasteiger partial charge in [-0.25, -0.2) is 0 Å². The number of anilines is 1. The molecule has 100 valence electrons. The van der Waals surface area contributed by atoms with Crippen molar-refractivity contribution >= 4 is 28.9 Å². The molecule has 0 aliphatic heterocycles. The van der Waals surface area contributed by atoms with Crippen LogP contribution in [0.3, 0.4) is 0 Å². The Labute approximate surface area is 124 Å². The molecule has 0 saturated carbocycles. The SMILES string of the molecule is Cc1ccc(NC(C)c2ccc(Cl)cc2Cl)c(C)c1. The maximum absolute atomic E-state index is 6.23. The van der Waals surface area contributed by atoms with E-state index in [9.17, 15) is 0 Å². The Morgan fingerprint density at radius 3 is 2.37 bits per heavy atom. The van der Waals surface area contributed by atoms with Crippen LogP contribution in [-0.4, -0.2) is 0 Å². The van der Waals surface area contributed by atoms with Gasteiger partial charge in [-0.05, 0) is 50.1 Å². The second-order valence-electron chi connectivity index (χ2n) is 4.85. The zero-order valence-corrected chi connectivity index (χ0v) is 12.8. The molecule has 3 heteroatoms. The van der Waals surface area contributed by atoms with E-state index in [1.165, 1.54) is 11.1 Å². The van der Waals surface area contributed by atoms with Crippen molar-refractivity contribution < 1.29 is 0 Å². The summed E-state index contributed by atoms with van der Waals surface area (Å²) in [7, 11) is 0. The highest BCUT2D eigenvalue weighted by Crippen LogP contribution is 2.29. The van der Waals surface area contributed by atoms with Gasteiger partial charge in [0.05, 0.1) is 6.04 Å². The smallest absolute Gasteiger partial charge is 0.0500 e. The molecule has 2 aromatic rings. The average molecular weight is 294 g/mol. The van der Waals surface area contributed by atoms with E-state index in [2.05, 4.69) is 44.3 Å². The summed E-state index contributed by atoms with van der Waals surface area (Å²) in [5.74, 6) is 0. The molecule has 19 heavy (non-hydrogen) atoms. The van der Waals surface area contributed by atoms with Gasteiger partial charge >= 0.3 is 0 Å². The molecule has 1 unspecified atom stereocenters. The zero-order valence-electron chi connectivity index (χ0n) is 11.3. The second-order valence-corrected chi connectivity index (χ2v) is 5.69. The third-order valence-electron chi connectivity index (χ3n) is 3.18. The van der Waals surface area contributed by atoms with Gasteiger partial charge in [0, 0.05) is 15.7 Å². The number of halogens is 2. The molecule has 0 fully saturated rings. The van der Waals surface area contributed by atoms with Crippen LogP contribution in [0.1, 0.15) is 29.7 Å². The minimum Gasteiger partial charge on any atom is -0.378 e. The van der Waals surface area contributed by atoms with Crippen LogP contribution in [0, 0.1) is 13.8 Å². The molecule has 0 bridgehead atoms. The molecule has 2 aromatic carbocycles. The van der Waals surface area contributed by atoms with Gasteiger partial charge in [0.15, 0.2) is 0 Å². The minimum atomic E-state index is 0.131. The Morgan fingerprint density at radius 2 is 1.74 bits per heavy atom. The number of benzene rings is 2. The topological polar surface area (TPSA) is 12.0 Å². The van der Waals surface area contributed by atoms with Gasteiger partial charge in [-0.15, -0.1) is 0 Å². The summed E-state index contributed by atoms with van der Waals surface area (Å²) in [6, 6.07) is 12.1. The summed E-state index contributed by atoms with van der Waals surface area (Å²) in [4.78, 5) is 0. The minimum absolute atomic E-state index is 0.131. The van der Waals surface area contributed by atoms with Crippen LogP contribution in [0.15, 0.2) is 36.4 Å². The van der Waals surface area contributed by atoms with Gasteiger partial charge in [-0.3, -0.25) is 0 Å². The standard InChI is InChI=1S/C16H17Cl2N/c1-10-4-7-16(11(2)8-10)19-12(3)14-6-5-13(17)9-15(14)18/h4-9,12,19H,1-3H3. The predicted octanol–water partition coefficient (Wildman–Crippen LogP) is 5.78. The molecule has 0 saturated heterocycles. The van der Waals surface area contributed by atoms with E-state index in [1.54, 1.807) is 6.07 Å². The van der Waals surface area contributed by atoms with Gasteiger partial charge < -0.3 is 5.32 Å². The Bertz CT molecular complexity index is 593. The highest BCUT2D eigenvalue weighted by atomic mass is 35.5. The van der Waals surface area contributed by atoms with Crippen molar-refractivity contribution in [3.05, 3.63) is 63.1 Å². The first-order valence-corrected chi connectivity index (χ1v) is 7.01. The number of hydrogen-bond acceptors (Lipinski definition) is 1. The van der Waals surface area contributed by atoms with E-state index in [-0.39, 0.29) is 6.04 Å². The lowest BCUT2D eigenvalue weighted by Gasteiger charge is -2.19. The summed E-state index contributed by atoms with van der Waals surface area (Å²) in [5, 5.41) is 4.84. The predicted molar refractivity (Wildman–Crippen MR) is 84.4 cm³/mol. The number of nitrogens with one attached hydrogen (secondary N) is 1. The Morgan fingerprint density at radius 1 is 1.00 bits per heavy atom. The maximum atomic E-state index is 6.23. The lowest BCUT2D eigenvalue weighted by atomic mass is 10.1. The number of aryl methyl sites for hydroxylation is 2. The largest absolute Gasteiger partial charge is 0.378 e. The first-order chi connectivity index (χ1) is 8.97. The van der Waals surface area contributed by atoms with Crippen LogP contribution < -0.4 is 5.32 Å². The van der Waals surface area contributed by atoms with Crippen molar-refractivity contribution in [2.45, 2.75) is 26.8 Å². The maximum Gasteiger partial charge on any atom is 0.0500 e. The lowest BCUT2D eigenvalue weighted by Crippen LogP contribution is -2.08. The van der Waals surface area contributed by atoms with Crippen molar-refractivity contribution in [3.8, 4) is 0 Å². The molecule has 2 rings (SSSR count). The van der Waals surface area contributed by atoms with Crippen molar-refractivity contribution in [3.63, 3.8) is 0 Å². The third kappa shape index (κ3) is 3.43. The molecular weight excluding hydrogens is 277 g/mol. The van der Waals surface area contributed by atoms with Gasteiger partial charge in [0.25, 0.3) is 0 Å². The second kappa shape index (κ2) is 5.85. The number of rotatable bonds is 3. The fourth-order valence-electron chi connectivity index (χ4n) is 2.14. The van der Waals surface area contributed by atoms with E-state index in [0.717, 1.165) is 11.3 Å². The van der Waals surface area contributed by atoms with E-state index in [1.807, 2.05) is 12.1 Å². The van der Waals surface area contributed by atoms with E-state index >= 15 is 0 Å². The van der Waals surface area contributed by atoms with E-state index in [0.29, 0.717) is 10.0 Å². The van der Waals surface area contributed by atoms with E-state index < -0.39 is 0 Å². The summed E-state index contributed by atoms with van der Waals surface area (Å²) in [5.41, 5.74) is 4.67. The van der Waals surface area contributed by atoms with Crippen LogP contribution in [0.5, 0.6) is 0 Å². The molecule has 1 N–H and O–H groups in total. The van der Waals surface area contributed by atoms with Gasteiger partial charge in [0.2, 0.25) is 0 Å². The van der Waals surface area contributed by atoms with Gasteiger partial charge in [0.1, 0.15) is 0 Å². The molecule has 0 heterocycles. The summed E-state index contributed by atoms with van der Waals surface area (Å²) in [6.45, 7) is 6.29. The quantitative estimate of drug-likeness (QED) is 0.756. The molecule has 0 amide bonds.